The van der Waals surface area contributed by atoms with Crippen LogP contribution < -0.4 is 0 Å². The Balaban J connectivity index is 1.30. The van der Waals surface area contributed by atoms with Crippen LogP contribution in [-0.4, -0.2) is 37.4 Å². The summed E-state index contributed by atoms with van der Waals surface area (Å²) in [6.07, 6.45) is 4.81. The Hall–Kier alpha value is -2.60. The molecule has 0 aliphatic heterocycles. The van der Waals surface area contributed by atoms with Crippen LogP contribution in [0.25, 0.3) is 0 Å². The Kier molecular flexibility index (Phi) is 6.30. The van der Waals surface area contributed by atoms with Crippen LogP contribution in [0.5, 0.6) is 0 Å². The minimum absolute atomic E-state index is 0.181. The van der Waals surface area contributed by atoms with E-state index in [1.807, 2.05) is 24.3 Å². The van der Waals surface area contributed by atoms with E-state index in [0.717, 1.165) is 17.5 Å². The van der Waals surface area contributed by atoms with Crippen molar-refractivity contribution in [3.63, 3.8) is 0 Å². The van der Waals surface area contributed by atoms with Gasteiger partial charge in [-0.25, -0.2) is 0 Å². The minimum atomic E-state index is 0.181. The topological polar surface area (TPSA) is 51.0 Å². The Bertz CT molecular complexity index is 1040. The maximum absolute atomic E-state index is 13.4. The van der Waals surface area contributed by atoms with Gasteiger partial charge in [0.1, 0.15) is 5.82 Å². The van der Waals surface area contributed by atoms with E-state index in [0.29, 0.717) is 24.1 Å². The SMILES string of the molecule is C[C@@H](C1CC1)N(Cc1ccccc1)C(=O)CSc1nnc(C2CC2)n1Cc1ccccc1. The van der Waals surface area contributed by atoms with Crippen molar-refractivity contribution in [1.82, 2.24) is 19.7 Å². The Morgan fingerprint density at radius 2 is 1.66 bits per heavy atom. The summed E-state index contributed by atoms with van der Waals surface area (Å²) < 4.78 is 2.22. The van der Waals surface area contributed by atoms with Gasteiger partial charge in [0.25, 0.3) is 0 Å². The van der Waals surface area contributed by atoms with Crippen molar-refractivity contribution in [3.05, 3.63) is 77.6 Å². The molecule has 2 aliphatic carbocycles. The van der Waals surface area contributed by atoms with E-state index in [-0.39, 0.29) is 11.9 Å². The van der Waals surface area contributed by atoms with Crippen molar-refractivity contribution in [2.45, 2.75) is 62.8 Å². The normalized spacial score (nSPS) is 16.7. The molecule has 5 rings (SSSR count). The highest BCUT2D eigenvalue weighted by molar-refractivity contribution is 7.99. The molecule has 1 aromatic heterocycles. The molecule has 0 bridgehead atoms. The van der Waals surface area contributed by atoms with Crippen molar-refractivity contribution >= 4 is 17.7 Å². The van der Waals surface area contributed by atoms with Gasteiger partial charge in [0.2, 0.25) is 5.91 Å². The minimum Gasteiger partial charge on any atom is -0.335 e. The van der Waals surface area contributed by atoms with Gasteiger partial charge in [-0.2, -0.15) is 0 Å². The summed E-state index contributed by atoms with van der Waals surface area (Å²) in [5.41, 5.74) is 2.41. The lowest BCUT2D eigenvalue weighted by Crippen LogP contribution is -2.40. The zero-order chi connectivity index (χ0) is 21.9. The Labute approximate surface area is 194 Å². The third-order valence-corrected chi connectivity index (χ3v) is 7.46. The first-order valence-corrected chi connectivity index (χ1v) is 12.6. The number of hydrogen-bond acceptors (Lipinski definition) is 4. The zero-order valence-corrected chi connectivity index (χ0v) is 19.4. The summed E-state index contributed by atoms with van der Waals surface area (Å²) in [7, 11) is 0. The van der Waals surface area contributed by atoms with Crippen molar-refractivity contribution in [2.75, 3.05) is 5.75 Å². The number of aromatic nitrogens is 3. The smallest absolute Gasteiger partial charge is 0.233 e. The molecule has 1 atom stereocenters. The number of carbonyl (C=O) groups is 1. The Morgan fingerprint density at radius 1 is 1.00 bits per heavy atom. The first-order valence-electron chi connectivity index (χ1n) is 11.6. The molecule has 166 valence electrons. The second-order valence-electron chi connectivity index (χ2n) is 9.06. The third-order valence-electron chi connectivity index (χ3n) is 6.51. The van der Waals surface area contributed by atoms with E-state index in [9.17, 15) is 4.79 Å². The number of thioether (sulfide) groups is 1. The van der Waals surface area contributed by atoms with Crippen LogP contribution in [0, 0.1) is 5.92 Å². The molecular weight excluding hydrogens is 416 g/mol. The summed E-state index contributed by atoms with van der Waals surface area (Å²) in [5, 5.41) is 9.84. The van der Waals surface area contributed by atoms with Crippen LogP contribution in [0.1, 0.15) is 55.5 Å². The van der Waals surface area contributed by atoms with Crippen LogP contribution in [0.3, 0.4) is 0 Å². The summed E-state index contributed by atoms with van der Waals surface area (Å²) in [6, 6.07) is 21.0. The largest absolute Gasteiger partial charge is 0.335 e. The summed E-state index contributed by atoms with van der Waals surface area (Å²) in [4.78, 5) is 15.4. The van der Waals surface area contributed by atoms with Gasteiger partial charge in [0, 0.05) is 18.5 Å². The molecule has 1 heterocycles. The maximum atomic E-state index is 13.4. The van der Waals surface area contributed by atoms with Gasteiger partial charge in [-0.3, -0.25) is 4.79 Å². The highest BCUT2D eigenvalue weighted by atomic mass is 32.2. The second kappa shape index (κ2) is 9.49. The highest BCUT2D eigenvalue weighted by Crippen LogP contribution is 2.40. The lowest BCUT2D eigenvalue weighted by atomic mass is 10.1. The Morgan fingerprint density at radius 3 is 2.28 bits per heavy atom. The molecule has 0 spiro atoms. The van der Waals surface area contributed by atoms with Crippen molar-refractivity contribution in [2.24, 2.45) is 5.92 Å². The fourth-order valence-electron chi connectivity index (χ4n) is 4.25. The summed E-state index contributed by atoms with van der Waals surface area (Å²) >= 11 is 1.53. The fraction of sp³-hybridized carbons (Fsp3) is 0.423. The predicted molar refractivity (Wildman–Crippen MR) is 127 cm³/mol. The van der Waals surface area contributed by atoms with E-state index in [4.69, 9.17) is 0 Å². The molecule has 2 aromatic carbocycles. The standard InChI is InChI=1S/C26H30N4OS/c1-19(22-12-13-22)29(16-20-8-4-2-5-9-20)24(31)18-32-26-28-27-25(23-14-15-23)30(26)17-21-10-6-3-7-11-21/h2-11,19,22-23H,12-18H2,1H3/t19-/m0/s1. The van der Waals surface area contributed by atoms with Crippen molar-refractivity contribution < 1.29 is 4.79 Å². The number of amides is 1. The molecule has 3 aromatic rings. The maximum Gasteiger partial charge on any atom is 0.233 e. The molecular formula is C26H30N4OS. The first-order chi connectivity index (χ1) is 15.7. The lowest BCUT2D eigenvalue weighted by molar-refractivity contribution is -0.131. The van der Waals surface area contributed by atoms with E-state index < -0.39 is 0 Å². The lowest BCUT2D eigenvalue weighted by Gasteiger charge is -2.29. The second-order valence-corrected chi connectivity index (χ2v) is 10.0. The molecule has 2 aliphatic rings. The van der Waals surface area contributed by atoms with Gasteiger partial charge in [0.15, 0.2) is 5.16 Å². The zero-order valence-electron chi connectivity index (χ0n) is 18.6. The predicted octanol–water partition coefficient (Wildman–Crippen LogP) is 5.12. The molecule has 1 amide bonds. The molecule has 0 N–H and O–H groups in total. The van der Waals surface area contributed by atoms with Crippen molar-refractivity contribution in [1.29, 1.82) is 0 Å². The van der Waals surface area contributed by atoms with Gasteiger partial charge in [-0.05, 0) is 49.7 Å². The average molecular weight is 447 g/mol. The van der Waals surface area contributed by atoms with E-state index >= 15 is 0 Å². The molecule has 0 unspecified atom stereocenters. The highest BCUT2D eigenvalue weighted by Gasteiger charge is 2.35. The molecule has 2 saturated carbocycles. The van der Waals surface area contributed by atoms with Gasteiger partial charge < -0.3 is 9.47 Å². The number of rotatable bonds is 10. The van der Waals surface area contributed by atoms with Gasteiger partial charge in [0.05, 0.1) is 12.3 Å². The first kappa shape index (κ1) is 21.3. The van der Waals surface area contributed by atoms with Gasteiger partial charge in [-0.1, -0.05) is 72.4 Å². The number of benzene rings is 2. The van der Waals surface area contributed by atoms with Gasteiger partial charge >= 0.3 is 0 Å². The van der Waals surface area contributed by atoms with Crippen LogP contribution in [-0.2, 0) is 17.9 Å². The summed E-state index contributed by atoms with van der Waals surface area (Å²) in [6.45, 7) is 3.62. The molecule has 0 radical (unpaired) electrons. The van der Waals surface area contributed by atoms with E-state index in [2.05, 4.69) is 63.0 Å². The quantitative estimate of drug-likeness (QED) is 0.406. The third kappa shape index (κ3) is 5.07. The van der Waals surface area contributed by atoms with Crippen LogP contribution in [0.15, 0.2) is 65.8 Å². The number of nitrogens with zero attached hydrogens (tertiary/aromatic N) is 4. The van der Waals surface area contributed by atoms with Crippen LogP contribution >= 0.6 is 11.8 Å². The van der Waals surface area contributed by atoms with E-state index in [1.54, 1.807) is 0 Å². The number of hydrogen-bond donors (Lipinski definition) is 0. The molecule has 0 saturated heterocycles. The van der Waals surface area contributed by atoms with Gasteiger partial charge in [-0.15, -0.1) is 10.2 Å². The van der Waals surface area contributed by atoms with E-state index in [1.165, 1.54) is 48.6 Å². The molecule has 5 nitrogen and oxygen atoms in total. The van der Waals surface area contributed by atoms with Crippen LogP contribution in [0.4, 0.5) is 0 Å². The fourth-order valence-corrected chi connectivity index (χ4v) is 5.08. The molecule has 6 heteroatoms. The average Bonchev–Trinajstić information content (AvgIpc) is 3.75. The van der Waals surface area contributed by atoms with Crippen molar-refractivity contribution in [3.8, 4) is 0 Å². The summed E-state index contributed by atoms with van der Waals surface area (Å²) in [5.74, 6) is 2.79. The molecule has 32 heavy (non-hydrogen) atoms. The van der Waals surface area contributed by atoms with Crippen LogP contribution in [0.2, 0.25) is 0 Å². The monoisotopic (exact) mass is 446 g/mol. The molecule has 2 fully saturated rings. The number of carbonyl (C=O) groups excluding carboxylic acids is 1.